The molecule has 0 unspecified atom stereocenters. The zero-order valence-electron chi connectivity index (χ0n) is 15.5. The van der Waals surface area contributed by atoms with Crippen molar-refractivity contribution >= 4 is 29.0 Å². The van der Waals surface area contributed by atoms with Gasteiger partial charge in [0.1, 0.15) is 5.82 Å². The van der Waals surface area contributed by atoms with Crippen LogP contribution in [-0.4, -0.2) is 28.1 Å². The molecule has 27 heavy (non-hydrogen) atoms. The molecule has 1 heterocycles. The highest BCUT2D eigenvalue weighted by Gasteiger charge is 2.14. The lowest BCUT2D eigenvalue weighted by Gasteiger charge is -2.16. The lowest BCUT2D eigenvalue weighted by molar-refractivity contribution is -0.114. The molecule has 1 saturated carbocycles. The summed E-state index contributed by atoms with van der Waals surface area (Å²) in [5, 5.41) is 17.1. The average molecular weight is 367 g/mol. The maximum Gasteiger partial charge on any atom is 0.276 e. The smallest absolute Gasteiger partial charge is 0.276 e. The Hall–Kier alpha value is -2.96. The van der Waals surface area contributed by atoms with E-state index in [9.17, 15) is 9.59 Å². The number of anilines is 3. The van der Waals surface area contributed by atoms with Crippen molar-refractivity contribution in [3.8, 4) is 0 Å². The highest BCUT2D eigenvalue weighted by molar-refractivity contribution is 6.03. The second kappa shape index (κ2) is 9.12. The number of hydrogen-bond acceptors (Lipinski definition) is 5. The van der Waals surface area contributed by atoms with E-state index in [2.05, 4.69) is 26.1 Å². The van der Waals surface area contributed by atoms with Gasteiger partial charge in [-0.1, -0.05) is 31.7 Å². The van der Waals surface area contributed by atoms with Crippen LogP contribution in [0, 0.1) is 0 Å². The van der Waals surface area contributed by atoms with Gasteiger partial charge < -0.3 is 16.0 Å². The monoisotopic (exact) mass is 367 g/mol. The Bertz CT molecular complexity index is 783. The molecule has 142 valence electrons. The predicted octanol–water partition coefficient (Wildman–Crippen LogP) is 3.82. The molecule has 0 spiro atoms. The highest BCUT2D eigenvalue weighted by Crippen LogP contribution is 2.20. The molecule has 3 rings (SSSR count). The van der Waals surface area contributed by atoms with Crippen LogP contribution in [0.3, 0.4) is 0 Å². The van der Waals surface area contributed by atoms with Crippen LogP contribution < -0.4 is 16.0 Å². The number of benzene rings is 1. The molecule has 2 aromatic rings. The second-order valence-electron chi connectivity index (χ2n) is 6.85. The van der Waals surface area contributed by atoms with Crippen LogP contribution in [0.1, 0.15) is 55.9 Å². The van der Waals surface area contributed by atoms with E-state index < -0.39 is 0 Å². The van der Waals surface area contributed by atoms with E-state index in [-0.39, 0.29) is 17.5 Å². The second-order valence-corrected chi connectivity index (χ2v) is 6.85. The van der Waals surface area contributed by atoms with E-state index in [1.54, 1.807) is 36.4 Å². The number of nitrogens with one attached hydrogen (secondary N) is 3. The summed E-state index contributed by atoms with van der Waals surface area (Å²) in [5.41, 5.74) is 1.44. The predicted molar refractivity (Wildman–Crippen MR) is 106 cm³/mol. The maximum atomic E-state index is 12.4. The van der Waals surface area contributed by atoms with Crippen LogP contribution in [0.25, 0.3) is 0 Å². The fraction of sp³-hybridized carbons (Fsp3) is 0.400. The SMILES string of the molecule is CC(=O)Nc1cccc(NC(=O)c2ccc(NC3CCCCCC3)nn2)c1. The van der Waals surface area contributed by atoms with Crippen LogP contribution in [0.5, 0.6) is 0 Å². The van der Waals surface area contributed by atoms with Crippen molar-refractivity contribution in [1.29, 1.82) is 0 Å². The molecule has 0 radical (unpaired) electrons. The minimum absolute atomic E-state index is 0.166. The molecule has 0 bridgehead atoms. The van der Waals surface area contributed by atoms with E-state index in [1.807, 2.05) is 0 Å². The van der Waals surface area contributed by atoms with Gasteiger partial charge in [-0.15, -0.1) is 10.2 Å². The zero-order valence-corrected chi connectivity index (χ0v) is 15.5. The first kappa shape index (κ1) is 18.8. The van der Waals surface area contributed by atoms with Gasteiger partial charge in [0, 0.05) is 24.3 Å². The molecule has 0 aliphatic heterocycles. The first-order chi connectivity index (χ1) is 13.1. The fourth-order valence-corrected chi connectivity index (χ4v) is 3.24. The minimum Gasteiger partial charge on any atom is -0.366 e. The van der Waals surface area contributed by atoms with Gasteiger partial charge in [0.25, 0.3) is 5.91 Å². The van der Waals surface area contributed by atoms with Crippen molar-refractivity contribution in [2.75, 3.05) is 16.0 Å². The summed E-state index contributed by atoms with van der Waals surface area (Å²) in [5.74, 6) is 0.190. The van der Waals surface area contributed by atoms with E-state index in [1.165, 1.54) is 32.6 Å². The molecule has 1 aliphatic carbocycles. The Morgan fingerprint density at radius 3 is 2.26 bits per heavy atom. The molecule has 0 atom stereocenters. The number of hydrogen-bond donors (Lipinski definition) is 3. The number of aromatic nitrogens is 2. The summed E-state index contributed by atoms with van der Waals surface area (Å²) in [7, 11) is 0. The molecule has 3 N–H and O–H groups in total. The van der Waals surface area contributed by atoms with Crippen molar-refractivity contribution in [3.63, 3.8) is 0 Å². The third-order valence-electron chi connectivity index (χ3n) is 4.55. The first-order valence-electron chi connectivity index (χ1n) is 9.39. The molecule has 2 amide bonds. The molecular formula is C20H25N5O2. The van der Waals surface area contributed by atoms with Crippen molar-refractivity contribution in [1.82, 2.24) is 10.2 Å². The Labute approximate surface area is 159 Å². The fourth-order valence-electron chi connectivity index (χ4n) is 3.24. The first-order valence-corrected chi connectivity index (χ1v) is 9.39. The zero-order chi connectivity index (χ0) is 19.1. The van der Waals surface area contributed by atoms with Crippen LogP contribution in [0.2, 0.25) is 0 Å². The summed E-state index contributed by atoms with van der Waals surface area (Å²) in [6, 6.07) is 10.8. The third-order valence-corrected chi connectivity index (χ3v) is 4.55. The van der Waals surface area contributed by atoms with Crippen LogP contribution in [0.15, 0.2) is 36.4 Å². The van der Waals surface area contributed by atoms with E-state index in [0.29, 0.717) is 23.2 Å². The quantitative estimate of drug-likeness (QED) is 0.698. The Balaban J connectivity index is 1.59. The Kier molecular flexibility index (Phi) is 6.35. The van der Waals surface area contributed by atoms with E-state index >= 15 is 0 Å². The number of rotatable bonds is 5. The van der Waals surface area contributed by atoms with Gasteiger partial charge in [-0.2, -0.15) is 0 Å². The van der Waals surface area contributed by atoms with E-state index in [4.69, 9.17) is 0 Å². The molecule has 7 nitrogen and oxygen atoms in total. The van der Waals surface area contributed by atoms with Crippen LogP contribution in [0.4, 0.5) is 17.2 Å². The standard InChI is InChI=1S/C20H25N5O2/c1-14(26)21-16-9-6-10-17(13-16)23-20(27)18-11-12-19(25-24-18)22-15-7-4-2-3-5-8-15/h6,9-13,15H,2-5,7-8H2,1H3,(H,21,26)(H,22,25)(H,23,27). The largest absolute Gasteiger partial charge is 0.366 e. The minimum atomic E-state index is -0.344. The Morgan fingerprint density at radius 1 is 0.926 bits per heavy atom. The van der Waals surface area contributed by atoms with Gasteiger partial charge in [-0.25, -0.2) is 0 Å². The molecule has 1 aromatic heterocycles. The van der Waals surface area contributed by atoms with Gasteiger partial charge in [0.05, 0.1) is 0 Å². The molecule has 1 aliphatic rings. The van der Waals surface area contributed by atoms with Crippen molar-refractivity contribution < 1.29 is 9.59 Å². The summed E-state index contributed by atoms with van der Waals surface area (Å²) < 4.78 is 0. The molecular weight excluding hydrogens is 342 g/mol. The Morgan fingerprint density at radius 2 is 1.63 bits per heavy atom. The number of amides is 2. The number of carbonyl (C=O) groups is 2. The third kappa shape index (κ3) is 5.77. The van der Waals surface area contributed by atoms with Crippen molar-refractivity contribution in [2.45, 2.75) is 51.5 Å². The van der Waals surface area contributed by atoms with Crippen molar-refractivity contribution in [3.05, 3.63) is 42.1 Å². The van der Waals surface area contributed by atoms with Crippen LogP contribution in [-0.2, 0) is 4.79 Å². The molecule has 7 heteroatoms. The summed E-state index contributed by atoms with van der Waals surface area (Å²) >= 11 is 0. The van der Waals surface area contributed by atoms with Crippen LogP contribution >= 0.6 is 0 Å². The summed E-state index contributed by atoms with van der Waals surface area (Å²) in [6.45, 7) is 1.44. The normalized spacial score (nSPS) is 14.9. The number of carbonyl (C=O) groups excluding carboxylic acids is 2. The average Bonchev–Trinajstić information content (AvgIpc) is 2.91. The molecule has 1 aromatic carbocycles. The lowest BCUT2D eigenvalue weighted by Crippen LogP contribution is -2.20. The van der Waals surface area contributed by atoms with Crippen molar-refractivity contribution in [2.24, 2.45) is 0 Å². The number of nitrogens with zero attached hydrogens (tertiary/aromatic N) is 2. The summed E-state index contributed by atoms with van der Waals surface area (Å²) in [6.07, 6.45) is 7.37. The highest BCUT2D eigenvalue weighted by atomic mass is 16.2. The van der Waals surface area contributed by atoms with E-state index in [0.717, 1.165) is 12.8 Å². The molecule has 0 saturated heterocycles. The van der Waals surface area contributed by atoms with Gasteiger partial charge >= 0.3 is 0 Å². The molecule has 1 fully saturated rings. The lowest BCUT2D eigenvalue weighted by atomic mass is 10.1. The van der Waals surface area contributed by atoms with Gasteiger partial charge in [-0.05, 0) is 43.2 Å². The topological polar surface area (TPSA) is 96.0 Å². The van der Waals surface area contributed by atoms with Gasteiger partial charge in [0.15, 0.2) is 5.69 Å². The maximum absolute atomic E-state index is 12.4. The van der Waals surface area contributed by atoms with Gasteiger partial charge in [-0.3, -0.25) is 9.59 Å². The summed E-state index contributed by atoms with van der Waals surface area (Å²) in [4.78, 5) is 23.5. The van der Waals surface area contributed by atoms with Gasteiger partial charge in [0.2, 0.25) is 5.91 Å².